The van der Waals surface area contributed by atoms with E-state index in [9.17, 15) is 14.4 Å². The Kier molecular flexibility index (Phi) is 8.92. The van der Waals surface area contributed by atoms with Crippen molar-refractivity contribution >= 4 is 5.78 Å². The van der Waals surface area contributed by atoms with Crippen molar-refractivity contribution in [2.45, 2.75) is 97.3 Å². The molecular weight excluding hydrogens is 372 g/mol. The van der Waals surface area contributed by atoms with Crippen LogP contribution in [-0.4, -0.2) is 16.1 Å². The van der Waals surface area contributed by atoms with Crippen LogP contribution in [0.1, 0.15) is 97.6 Å². The van der Waals surface area contributed by atoms with E-state index >= 15 is 0 Å². The lowest BCUT2D eigenvalue weighted by Gasteiger charge is -2.22. The molecule has 0 fully saturated rings. The van der Waals surface area contributed by atoms with Crippen LogP contribution in [0.2, 0.25) is 0 Å². The molecule has 0 atom stereocenters. The monoisotopic (exact) mass is 408 g/mol. The Morgan fingerprint density at radius 1 is 0.793 bits per heavy atom. The second-order valence-electron chi connectivity index (χ2n) is 8.88. The van der Waals surface area contributed by atoms with E-state index in [1.165, 1.54) is 12.5 Å². The molecule has 2 N–H and O–H groups in total. The molecule has 2 aromatic heterocycles. The maximum absolute atomic E-state index is 12.1. The minimum atomic E-state index is -0.264. The molecule has 2 aromatic rings. The van der Waals surface area contributed by atoms with E-state index in [0.717, 1.165) is 38.5 Å². The topological polar surface area (TPSA) is 109 Å². The molecule has 0 spiro atoms. The summed E-state index contributed by atoms with van der Waals surface area (Å²) in [5, 5.41) is 4.65. The van der Waals surface area contributed by atoms with Gasteiger partial charge in [-0.25, -0.2) is 0 Å². The summed E-state index contributed by atoms with van der Waals surface area (Å²) in [6.45, 7) is 8.06. The average molecular weight is 409 g/mol. The maximum atomic E-state index is 12.1. The molecule has 0 unspecified atom stereocenters. The first-order valence-corrected chi connectivity index (χ1v) is 9.98. The first-order valence-electron chi connectivity index (χ1n) is 9.98. The first kappa shape index (κ1) is 24.7. The molecule has 0 saturated heterocycles. The van der Waals surface area contributed by atoms with Crippen LogP contribution < -0.4 is 11.1 Å². The predicted octanol–water partition coefficient (Wildman–Crippen LogP) is 4.83. The Bertz CT molecular complexity index is 796. The molecule has 2 rings (SSSR count). The molecule has 0 bridgehead atoms. The van der Waals surface area contributed by atoms with Crippen molar-refractivity contribution < 1.29 is 13.8 Å². The van der Waals surface area contributed by atoms with Gasteiger partial charge < -0.3 is 9.05 Å². The van der Waals surface area contributed by atoms with E-state index in [-0.39, 0.29) is 35.2 Å². The Balaban J connectivity index is 0.00000420. The highest BCUT2D eigenvalue weighted by molar-refractivity contribution is 5.78. The largest absolute Gasteiger partial charge is 0.387 e. The van der Waals surface area contributed by atoms with Crippen molar-refractivity contribution in [2.75, 3.05) is 0 Å². The van der Waals surface area contributed by atoms with E-state index in [1.54, 1.807) is 0 Å². The number of Topliss-reactive ketones (excluding diaryl/α,β-unsaturated/α-hetero) is 1. The van der Waals surface area contributed by atoms with Crippen LogP contribution in [-0.2, 0) is 15.6 Å². The van der Waals surface area contributed by atoms with Gasteiger partial charge in [0.25, 0.3) is 11.1 Å². The number of aromatic nitrogens is 2. The third-order valence-electron chi connectivity index (χ3n) is 5.62. The molecule has 0 aliphatic carbocycles. The van der Waals surface area contributed by atoms with Gasteiger partial charge in [-0.2, -0.15) is 10.3 Å². The maximum Gasteiger partial charge on any atom is 0.283 e. The lowest BCUT2D eigenvalue weighted by Crippen LogP contribution is -2.24. The number of unbranched alkanes of at least 4 members (excludes halogenated alkanes) is 2. The molecule has 29 heavy (non-hydrogen) atoms. The molecule has 7 nitrogen and oxygen atoms in total. The lowest BCUT2D eigenvalue weighted by molar-refractivity contribution is -0.119. The van der Waals surface area contributed by atoms with Gasteiger partial charge in [-0.1, -0.05) is 48.0 Å². The van der Waals surface area contributed by atoms with Gasteiger partial charge in [0, 0.05) is 12.8 Å². The highest BCUT2D eigenvalue weighted by Crippen LogP contribution is 2.28. The Morgan fingerprint density at radius 2 is 1.17 bits per heavy atom. The van der Waals surface area contributed by atoms with Crippen LogP contribution in [0.3, 0.4) is 0 Å². The van der Waals surface area contributed by atoms with Crippen molar-refractivity contribution in [1.82, 2.24) is 10.3 Å². The fourth-order valence-corrected chi connectivity index (χ4v) is 3.61. The molecule has 0 aliphatic heterocycles. The Labute approximate surface area is 172 Å². The van der Waals surface area contributed by atoms with E-state index in [2.05, 4.69) is 10.3 Å². The smallest absolute Gasteiger partial charge is 0.283 e. The fraction of sp³-hybridized carbons (Fsp3) is 0.682. The Hall–Kier alpha value is -2.31. The summed E-state index contributed by atoms with van der Waals surface area (Å²) in [5.74, 6) is 0.276. The molecule has 164 valence electrons. The van der Waals surface area contributed by atoms with Gasteiger partial charge in [0.05, 0.1) is 11.1 Å². The summed E-state index contributed by atoms with van der Waals surface area (Å²) in [6.07, 6.45) is 9.19. The van der Waals surface area contributed by atoms with Crippen molar-refractivity contribution in [3.05, 3.63) is 44.4 Å². The summed E-state index contributed by atoms with van der Waals surface area (Å²) in [5.41, 5.74) is 0.416. The summed E-state index contributed by atoms with van der Waals surface area (Å²) in [4.78, 5) is 35.5. The molecule has 2 heterocycles. The minimum Gasteiger partial charge on any atom is -0.387 e. The number of carbonyl (C=O) groups excluding carboxylic acids is 1. The summed E-state index contributed by atoms with van der Waals surface area (Å²) in [7, 11) is 0. The number of nitrogens with one attached hydrogen (secondary N) is 2. The SMILES string of the molecule is C.CC(C)(CCCCC(=O)CCCCC(C)(C)c1co[nH]c1=O)c1co[nH]c1=O. The van der Waals surface area contributed by atoms with Gasteiger partial charge in [-0.05, 0) is 36.5 Å². The number of hydrogen-bond acceptors (Lipinski definition) is 5. The van der Waals surface area contributed by atoms with Gasteiger partial charge in [0.15, 0.2) is 0 Å². The third kappa shape index (κ3) is 6.91. The third-order valence-corrected chi connectivity index (χ3v) is 5.62. The standard InChI is InChI=1S/C21H32N2O5.CH4/c1-20(2,16-13-27-22-18(16)25)11-7-5-9-15(24)10-6-8-12-21(3,4)17-14-28-23-19(17)26;/h13-14H,5-12H2,1-4H3,(H,22,25)(H,23,26);1H4. The molecule has 0 aliphatic rings. The van der Waals surface area contributed by atoms with Crippen LogP contribution in [0.25, 0.3) is 0 Å². The molecular formula is C22H36N2O5. The zero-order valence-electron chi connectivity index (χ0n) is 17.4. The van der Waals surface area contributed by atoms with Crippen LogP contribution in [0.5, 0.6) is 0 Å². The van der Waals surface area contributed by atoms with E-state index in [1.807, 2.05) is 27.7 Å². The van der Waals surface area contributed by atoms with Gasteiger partial charge >= 0.3 is 0 Å². The van der Waals surface area contributed by atoms with Crippen molar-refractivity contribution in [1.29, 1.82) is 0 Å². The number of hydrogen-bond donors (Lipinski definition) is 2. The van der Waals surface area contributed by atoms with E-state index in [0.29, 0.717) is 24.0 Å². The first-order chi connectivity index (χ1) is 13.1. The lowest BCUT2D eigenvalue weighted by atomic mass is 9.81. The highest BCUT2D eigenvalue weighted by atomic mass is 16.5. The molecule has 0 radical (unpaired) electrons. The summed E-state index contributed by atoms with van der Waals surface area (Å²) >= 11 is 0. The van der Waals surface area contributed by atoms with E-state index in [4.69, 9.17) is 9.05 Å². The summed E-state index contributed by atoms with van der Waals surface area (Å²) < 4.78 is 9.74. The fourth-order valence-electron chi connectivity index (χ4n) is 3.61. The van der Waals surface area contributed by atoms with Gasteiger partial charge in [-0.15, -0.1) is 0 Å². The molecule has 7 heteroatoms. The number of H-pyrrole nitrogens is 2. The second-order valence-corrected chi connectivity index (χ2v) is 8.88. The van der Waals surface area contributed by atoms with Crippen LogP contribution in [0.15, 0.2) is 31.2 Å². The molecule has 0 saturated carbocycles. The quantitative estimate of drug-likeness (QED) is 0.489. The normalized spacial score (nSPS) is 12.0. The number of rotatable bonds is 12. The average Bonchev–Trinajstić information content (AvgIpc) is 3.24. The molecule has 0 amide bonds. The van der Waals surface area contributed by atoms with Crippen molar-refractivity contribution in [3.63, 3.8) is 0 Å². The zero-order valence-corrected chi connectivity index (χ0v) is 17.4. The van der Waals surface area contributed by atoms with Crippen molar-refractivity contribution in [3.8, 4) is 0 Å². The van der Waals surface area contributed by atoms with Crippen LogP contribution >= 0.6 is 0 Å². The second kappa shape index (κ2) is 10.5. The van der Waals surface area contributed by atoms with Crippen LogP contribution in [0, 0.1) is 0 Å². The van der Waals surface area contributed by atoms with Gasteiger partial charge in [0.1, 0.15) is 18.3 Å². The number of ketones is 1. The Morgan fingerprint density at radius 3 is 1.48 bits per heavy atom. The number of aromatic amines is 2. The highest BCUT2D eigenvalue weighted by Gasteiger charge is 2.26. The van der Waals surface area contributed by atoms with Crippen molar-refractivity contribution in [2.24, 2.45) is 0 Å². The van der Waals surface area contributed by atoms with Gasteiger partial charge in [0.2, 0.25) is 0 Å². The zero-order chi connectivity index (χ0) is 20.8. The molecule has 0 aromatic carbocycles. The predicted molar refractivity (Wildman–Crippen MR) is 113 cm³/mol. The summed E-state index contributed by atoms with van der Waals surface area (Å²) in [6, 6.07) is 0. The minimum absolute atomic E-state index is 0. The van der Waals surface area contributed by atoms with Crippen LogP contribution in [0.4, 0.5) is 0 Å². The van der Waals surface area contributed by atoms with Gasteiger partial charge in [-0.3, -0.25) is 14.4 Å². The van der Waals surface area contributed by atoms with E-state index < -0.39 is 0 Å². The number of carbonyl (C=O) groups is 1.